The maximum atomic E-state index is 12.7. The molecule has 0 aromatic heterocycles. The molecule has 0 N–H and O–H groups in total. The fraction of sp³-hybridized carbons (Fsp3) is 0.851. The second-order valence-electron chi connectivity index (χ2n) is 15.3. The van der Waals surface area contributed by atoms with Crippen molar-refractivity contribution in [2.75, 3.05) is 13.2 Å². The molecule has 0 spiro atoms. The fourth-order valence-corrected chi connectivity index (χ4v) is 6.47. The van der Waals surface area contributed by atoms with Crippen LogP contribution in [-0.4, -0.2) is 37.2 Å². The molecular formula is C47H86O6. The highest BCUT2D eigenvalue weighted by Gasteiger charge is 2.19. The lowest BCUT2D eigenvalue weighted by Gasteiger charge is -2.18. The van der Waals surface area contributed by atoms with Crippen molar-refractivity contribution in [3.63, 3.8) is 0 Å². The van der Waals surface area contributed by atoms with E-state index in [0.717, 1.165) is 77.0 Å². The van der Waals surface area contributed by atoms with Gasteiger partial charge in [-0.15, -0.1) is 0 Å². The van der Waals surface area contributed by atoms with E-state index in [4.69, 9.17) is 14.2 Å². The molecule has 0 saturated carbocycles. The quantitative estimate of drug-likeness (QED) is 0.0268. The number of rotatable bonds is 41. The van der Waals surface area contributed by atoms with Crippen molar-refractivity contribution in [2.45, 2.75) is 245 Å². The number of carbonyl (C=O) groups excluding carboxylic acids is 3. The van der Waals surface area contributed by atoms with Crippen LogP contribution in [0.5, 0.6) is 0 Å². The van der Waals surface area contributed by atoms with Crippen LogP contribution in [0.3, 0.4) is 0 Å². The highest BCUT2D eigenvalue weighted by molar-refractivity contribution is 5.71. The molecule has 0 saturated heterocycles. The summed E-state index contributed by atoms with van der Waals surface area (Å²) in [6, 6.07) is 0. The zero-order valence-corrected chi connectivity index (χ0v) is 35.3. The van der Waals surface area contributed by atoms with E-state index < -0.39 is 6.10 Å². The number of carbonyl (C=O) groups is 3. The highest BCUT2D eigenvalue weighted by atomic mass is 16.6. The lowest BCUT2D eigenvalue weighted by atomic mass is 10.1. The minimum atomic E-state index is -0.768. The Hall–Kier alpha value is -2.11. The minimum absolute atomic E-state index is 0.0723. The van der Waals surface area contributed by atoms with Gasteiger partial charge in [0.1, 0.15) is 13.2 Å². The molecule has 0 radical (unpaired) electrons. The molecule has 0 fully saturated rings. The smallest absolute Gasteiger partial charge is 0.306 e. The number of esters is 3. The molecule has 0 rings (SSSR count). The summed E-state index contributed by atoms with van der Waals surface area (Å²) in [6.07, 6.45) is 45.9. The molecule has 6 heteroatoms. The summed E-state index contributed by atoms with van der Waals surface area (Å²) >= 11 is 0. The van der Waals surface area contributed by atoms with Crippen molar-refractivity contribution in [2.24, 2.45) is 0 Å². The average molecular weight is 747 g/mol. The Labute approximate surface area is 328 Å². The van der Waals surface area contributed by atoms with Gasteiger partial charge in [-0.25, -0.2) is 0 Å². The van der Waals surface area contributed by atoms with Gasteiger partial charge in [0.05, 0.1) is 0 Å². The molecule has 1 atom stereocenters. The Kier molecular flexibility index (Phi) is 40.9. The van der Waals surface area contributed by atoms with Gasteiger partial charge in [0.2, 0.25) is 0 Å². The summed E-state index contributed by atoms with van der Waals surface area (Å²) in [5.41, 5.74) is 0. The minimum Gasteiger partial charge on any atom is -0.462 e. The Balaban J connectivity index is 4.32. The molecule has 0 amide bonds. The van der Waals surface area contributed by atoms with Crippen LogP contribution in [0.1, 0.15) is 239 Å². The van der Waals surface area contributed by atoms with Gasteiger partial charge in [-0.05, 0) is 51.4 Å². The van der Waals surface area contributed by atoms with E-state index in [1.54, 1.807) is 0 Å². The number of hydrogen-bond donors (Lipinski definition) is 0. The monoisotopic (exact) mass is 747 g/mol. The van der Waals surface area contributed by atoms with Crippen molar-refractivity contribution in [3.8, 4) is 0 Å². The Morgan fingerprint density at radius 1 is 0.377 bits per heavy atom. The van der Waals surface area contributed by atoms with Crippen LogP contribution in [0.2, 0.25) is 0 Å². The molecule has 310 valence electrons. The topological polar surface area (TPSA) is 78.9 Å². The van der Waals surface area contributed by atoms with E-state index in [1.165, 1.54) is 122 Å². The van der Waals surface area contributed by atoms with Crippen molar-refractivity contribution >= 4 is 17.9 Å². The third-order valence-corrected chi connectivity index (χ3v) is 9.96. The van der Waals surface area contributed by atoms with E-state index in [9.17, 15) is 14.4 Å². The van der Waals surface area contributed by atoms with Gasteiger partial charge in [-0.1, -0.05) is 193 Å². The maximum absolute atomic E-state index is 12.7. The van der Waals surface area contributed by atoms with Crippen molar-refractivity contribution < 1.29 is 28.6 Å². The lowest BCUT2D eigenvalue weighted by Crippen LogP contribution is -2.30. The molecule has 0 aromatic carbocycles. The lowest BCUT2D eigenvalue weighted by molar-refractivity contribution is -0.167. The van der Waals surface area contributed by atoms with Crippen LogP contribution >= 0.6 is 0 Å². The second kappa shape index (κ2) is 42.6. The Bertz CT molecular complexity index is 865. The van der Waals surface area contributed by atoms with Gasteiger partial charge in [0.25, 0.3) is 0 Å². The first-order valence-corrected chi connectivity index (χ1v) is 22.8. The number of ether oxygens (including phenoxy) is 3. The van der Waals surface area contributed by atoms with Crippen molar-refractivity contribution in [1.29, 1.82) is 0 Å². The molecule has 53 heavy (non-hydrogen) atoms. The second-order valence-corrected chi connectivity index (χ2v) is 15.3. The normalized spacial score (nSPS) is 12.1. The average Bonchev–Trinajstić information content (AvgIpc) is 3.15. The Morgan fingerprint density at radius 2 is 0.679 bits per heavy atom. The van der Waals surface area contributed by atoms with Gasteiger partial charge in [0.15, 0.2) is 6.10 Å². The summed E-state index contributed by atoms with van der Waals surface area (Å²) in [5.74, 6) is -0.886. The third-order valence-electron chi connectivity index (χ3n) is 9.96. The first kappa shape index (κ1) is 50.9. The summed E-state index contributed by atoms with van der Waals surface area (Å²) in [5, 5.41) is 0. The number of unbranched alkanes of at least 4 members (excludes halogenated alkanes) is 26. The van der Waals surface area contributed by atoms with Gasteiger partial charge in [0, 0.05) is 19.3 Å². The molecule has 0 aliphatic heterocycles. The van der Waals surface area contributed by atoms with E-state index >= 15 is 0 Å². The largest absolute Gasteiger partial charge is 0.462 e. The summed E-state index contributed by atoms with van der Waals surface area (Å²) in [4.78, 5) is 37.6. The van der Waals surface area contributed by atoms with Crippen LogP contribution in [-0.2, 0) is 28.6 Å². The van der Waals surface area contributed by atoms with Gasteiger partial charge in [-0.3, -0.25) is 14.4 Å². The molecule has 0 bridgehead atoms. The predicted octanol–water partition coefficient (Wildman–Crippen LogP) is 14.4. The summed E-state index contributed by atoms with van der Waals surface area (Å²) < 4.78 is 16.7. The number of allylic oxidation sites excluding steroid dienone is 4. The Morgan fingerprint density at radius 3 is 1.06 bits per heavy atom. The first-order valence-electron chi connectivity index (χ1n) is 22.8. The summed E-state index contributed by atoms with van der Waals surface area (Å²) in [6.45, 7) is 6.58. The van der Waals surface area contributed by atoms with Crippen LogP contribution in [0.4, 0.5) is 0 Å². The molecule has 1 unspecified atom stereocenters. The maximum Gasteiger partial charge on any atom is 0.306 e. The first-order chi connectivity index (χ1) is 26.0. The molecule has 0 aliphatic rings. The van der Waals surface area contributed by atoms with E-state index in [1.807, 2.05) is 0 Å². The number of hydrogen-bond acceptors (Lipinski definition) is 6. The van der Waals surface area contributed by atoms with Crippen LogP contribution in [0.15, 0.2) is 24.3 Å². The van der Waals surface area contributed by atoms with Gasteiger partial charge < -0.3 is 14.2 Å². The SMILES string of the molecule is CCCCCC/C=C\C/C=C\CCCCCCCC(=O)OCC(COC(=O)CCCCCCCCCCC)OC(=O)CCCCCCCCCCCC. The van der Waals surface area contributed by atoms with Crippen LogP contribution in [0, 0.1) is 0 Å². The predicted molar refractivity (Wildman–Crippen MR) is 224 cm³/mol. The van der Waals surface area contributed by atoms with Crippen molar-refractivity contribution in [3.05, 3.63) is 24.3 Å². The van der Waals surface area contributed by atoms with Crippen LogP contribution in [0.25, 0.3) is 0 Å². The molecule has 0 aliphatic carbocycles. The zero-order chi connectivity index (χ0) is 38.7. The fourth-order valence-electron chi connectivity index (χ4n) is 6.47. The highest BCUT2D eigenvalue weighted by Crippen LogP contribution is 2.14. The molecule has 6 nitrogen and oxygen atoms in total. The standard InChI is InChI=1S/C47H86O6/c1-4-7-10-13-16-19-21-22-23-24-25-26-29-31-34-37-40-46(49)52-43-44(42-51-45(48)39-36-33-30-27-18-15-12-9-6-3)53-47(50)41-38-35-32-28-20-17-14-11-8-5-2/h19,21,23-24,44H,4-18,20,22,25-43H2,1-3H3/b21-19-,24-23-. The van der Waals surface area contributed by atoms with Gasteiger partial charge in [-0.2, -0.15) is 0 Å². The molecular weight excluding hydrogens is 661 g/mol. The third kappa shape index (κ3) is 40.9. The van der Waals surface area contributed by atoms with E-state index in [0.29, 0.717) is 19.3 Å². The van der Waals surface area contributed by atoms with Crippen molar-refractivity contribution in [1.82, 2.24) is 0 Å². The van der Waals surface area contributed by atoms with Gasteiger partial charge >= 0.3 is 17.9 Å². The van der Waals surface area contributed by atoms with E-state index in [2.05, 4.69) is 45.1 Å². The van der Waals surface area contributed by atoms with Crippen LogP contribution < -0.4 is 0 Å². The zero-order valence-electron chi connectivity index (χ0n) is 35.3. The molecule has 0 aromatic rings. The van der Waals surface area contributed by atoms with E-state index in [-0.39, 0.29) is 31.1 Å². The summed E-state index contributed by atoms with van der Waals surface area (Å²) in [7, 11) is 0. The molecule has 0 heterocycles.